The van der Waals surface area contributed by atoms with Crippen LogP contribution in [0.4, 0.5) is 0 Å². The molecule has 0 unspecified atom stereocenters. The Kier molecular flexibility index (Phi) is 139. The van der Waals surface area contributed by atoms with E-state index in [1.54, 1.807) is 6.92 Å². The van der Waals surface area contributed by atoms with Crippen LogP contribution in [0.3, 0.4) is 0 Å². The summed E-state index contributed by atoms with van der Waals surface area (Å²) in [5.41, 5.74) is 0. The van der Waals surface area contributed by atoms with Gasteiger partial charge in [-0.05, 0) is 0 Å². The van der Waals surface area contributed by atoms with Gasteiger partial charge in [0.15, 0.2) is 0 Å². The van der Waals surface area contributed by atoms with E-state index in [9.17, 15) is 0 Å². The van der Waals surface area contributed by atoms with Gasteiger partial charge in [-0.1, -0.05) is 26.7 Å². The van der Waals surface area contributed by atoms with Crippen molar-refractivity contribution in [1.82, 2.24) is 0 Å². The summed E-state index contributed by atoms with van der Waals surface area (Å²) in [6.07, 6.45) is 2.64. The number of hydrogen-bond acceptors (Lipinski definition) is 0. The maximum atomic E-state index is 3.25. The summed E-state index contributed by atoms with van der Waals surface area (Å²) < 4.78 is 0. The van der Waals surface area contributed by atoms with E-state index in [1.807, 2.05) is 0 Å². The molecule has 1 heteroatoms. The minimum atomic E-state index is 0. The molecule has 0 spiro atoms. The first-order valence-corrected chi connectivity index (χ1v) is 2.62. The summed E-state index contributed by atoms with van der Waals surface area (Å²) >= 11 is 0. The average Bonchev–Trinajstić information content (AvgIpc) is 1.72. The Labute approximate surface area is 69.3 Å². The van der Waals surface area contributed by atoms with Crippen molar-refractivity contribution in [2.45, 2.75) is 33.6 Å². The molecule has 0 saturated heterocycles. The topological polar surface area (TPSA) is 0 Å². The van der Waals surface area contributed by atoms with Crippen LogP contribution in [0.2, 0.25) is 0 Å². The molecule has 0 heterocycles. The summed E-state index contributed by atoms with van der Waals surface area (Å²) in [6.45, 7) is 9.36. The van der Waals surface area contributed by atoms with Crippen molar-refractivity contribution < 1.29 is 21.1 Å². The molecule has 0 bridgehead atoms. The molecule has 0 radical (unpaired) electrons. The third-order valence-corrected chi connectivity index (χ3v) is 0.500. The molecule has 0 saturated carbocycles. The molecule has 0 aliphatic carbocycles. The molecule has 0 amide bonds. The number of unbranched alkanes of at least 4 members (excludes halogenated alkanes) is 1. The summed E-state index contributed by atoms with van der Waals surface area (Å²) in [4.78, 5) is 0. The zero-order valence-corrected chi connectivity index (χ0v) is 9.46. The molecule has 0 aromatic rings. The maximum Gasteiger partial charge on any atom is 2.00 e. The van der Waals surface area contributed by atoms with Crippen molar-refractivity contribution in [1.29, 1.82) is 0 Å². The first-order chi connectivity index (χ1) is 2.91. The molecule has 0 fully saturated rings. The Bertz CT molecular complexity index is 6.35. The molecule has 0 atom stereocenters. The van der Waals surface area contributed by atoms with Crippen LogP contribution in [0.25, 0.3) is 0 Å². The van der Waals surface area contributed by atoms with E-state index in [-0.39, 0.29) is 28.5 Å². The monoisotopic (exact) mass is 286 g/mol. The van der Waals surface area contributed by atoms with Crippen LogP contribution in [0.5, 0.6) is 0 Å². The molecule has 0 aliphatic rings. The Morgan fingerprint density at radius 1 is 1.00 bits per heavy atom. The summed E-state index contributed by atoms with van der Waals surface area (Å²) in [5, 5.41) is 0. The van der Waals surface area contributed by atoms with Crippen molar-refractivity contribution in [3.05, 3.63) is 14.4 Å². The van der Waals surface area contributed by atoms with Gasteiger partial charge in [0.05, 0.1) is 0 Å². The van der Waals surface area contributed by atoms with Gasteiger partial charge in [-0.25, -0.2) is 0 Å². The van der Waals surface area contributed by atoms with Crippen LogP contribution >= 0.6 is 0 Å². The average molecular weight is 286 g/mol. The molecule has 0 nitrogen and oxygen atoms in total. The van der Waals surface area contributed by atoms with Crippen molar-refractivity contribution in [3.8, 4) is 0 Å². The van der Waals surface area contributed by atoms with Gasteiger partial charge in [0.25, 0.3) is 0 Å². The second-order valence-corrected chi connectivity index (χ2v) is 1.000. The molecule has 0 aromatic heterocycles. The van der Waals surface area contributed by atoms with Crippen LogP contribution in [0, 0.1) is 14.4 Å². The van der Waals surface area contributed by atoms with E-state index in [0.717, 1.165) is 0 Å². The zero-order chi connectivity index (χ0) is 5.41. The third-order valence-electron chi connectivity index (χ3n) is 0.500. The first-order valence-electron chi connectivity index (χ1n) is 2.62. The second kappa shape index (κ2) is 47.6. The van der Waals surface area contributed by atoms with Crippen LogP contribution in [-0.2, 0) is 21.1 Å². The largest absolute Gasteiger partial charge is 2.00 e. The molecular formula is C7H18W. The smallest absolute Gasteiger partial charge is 0.358 e. The van der Waals surface area contributed by atoms with Gasteiger partial charge in [0.1, 0.15) is 0 Å². The molecule has 0 rings (SSSR count). The summed E-state index contributed by atoms with van der Waals surface area (Å²) in [5.74, 6) is 0. The van der Waals surface area contributed by atoms with Crippen molar-refractivity contribution in [2.75, 3.05) is 0 Å². The predicted molar refractivity (Wildman–Crippen MR) is 38.0 cm³/mol. The second-order valence-electron chi connectivity index (χ2n) is 1.000. The Hall–Kier alpha value is 0.688. The van der Waals surface area contributed by atoms with E-state index < -0.39 is 0 Å². The van der Waals surface area contributed by atoms with Crippen LogP contribution in [-0.4, -0.2) is 0 Å². The van der Waals surface area contributed by atoms with Crippen LogP contribution < -0.4 is 0 Å². The molecule has 0 N–H and O–H groups in total. The van der Waals surface area contributed by atoms with Gasteiger partial charge in [0.2, 0.25) is 0 Å². The van der Waals surface area contributed by atoms with Gasteiger partial charge >= 0.3 is 21.1 Å². The Balaban J connectivity index is -0.0000000183. The minimum Gasteiger partial charge on any atom is -0.358 e. The summed E-state index contributed by atoms with van der Waals surface area (Å²) in [7, 11) is 0. The van der Waals surface area contributed by atoms with E-state index >= 15 is 0 Å². The minimum absolute atomic E-state index is 0. The zero-order valence-electron chi connectivity index (χ0n) is 6.53. The number of hydrogen-bond donors (Lipinski definition) is 0. The molecule has 8 heavy (non-hydrogen) atoms. The Morgan fingerprint density at radius 3 is 1.12 bits per heavy atom. The van der Waals surface area contributed by atoms with Gasteiger partial charge < -0.3 is 14.4 Å². The van der Waals surface area contributed by atoms with Crippen molar-refractivity contribution >= 4 is 0 Å². The SMILES string of the molecule is CCCC.[CH2-]C.[CH3-].[W+2]. The van der Waals surface area contributed by atoms with E-state index in [0.29, 0.717) is 0 Å². The standard InChI is InChI=1S/C4H10.C2H5.CH3.W/c1-3-4-2;1-2;;/h3-4H2,1-2H3;1H2,2H3;1H3;/q;2*-1;+2. The van der Waals surface area contributed by atoms with E-state index in [4.69, 9.17) is 0 Å². The molecule has 52 valence electrons. The third kappa shape index (κ3) is 75.9. The van der Waals surface area contributed by atoms with Crippen LogP contribution in [0.15, 0.2) is 0 Å². The van der Waals surface area contributed by atoms with Gasteiger partial charge in [-0.2, -0.15) is 6.92 Å². The fourth-order valence-electron chi connectivity index (χ4n) is 0. The maximum absolute atomic E-state index is 3.25. The normalized spacial score (nSPS) is 4.50. The number of rotatable bonds is 1. The molecule has 0 aliphatic heterocycles. The van der Waals surface area contributed by atoms with Gasteiger partial charge in [-0.15, -0.1) is 0 Å². The quantitative estimate of drug-likeness (QED) is 0.650. The predicted octanol–water partition coefficient (Wildman–Crippen LogP) is 3.09. The molecular weight excluding hydrogens is 268 g/mol. The van der Waals surface area contributed by atoms with Gasteiger partial charge in [0, 0.05) is 0 Å². The van der Waals surface area contributed by atoms with E-state index in [2.05, 4.69) is 20.8 Å². The Morgan fingerprint density at radius 2 is 1.12 bits per heavy atom. The van der Waals surface area contributed by atoms with Crippen LogP contribution in [0.1, 0.15) is 33.6 Å². The molecule has 0 aromatic carbocycles. The fraction of sp³-hybridized carbons (Fsp3) is 0.714. The van der Waals surface area contributed by atoms with Gasteiger partial charge in [-0.3, -0.25) is 0 Å². The van der Waals surface area contributed by atoms with Crippen molar-refractivity contribution in [3.63, 3.8) is 0 Å². The van der Waals surface area contributed by atoms with E-state index in [1.165, 1.54) is 12.8 Å². The van der Waals surface area contributed by atoms with Crippen molar-refractivity contribution in [2.24, 2.45) is 0 Å². The fourth-order valence-corrected chi connectivity index (χ4v) is 0. The summed E-state index contributed by atoms with van der Waals surface area (Å²) in [6, 6.07) is 0. The first kappa shape index (κ1) is 23.4.